The molecule has 0 aliphatic carbocycles. The molecule has 90 valence electrons. The van der Waals surface area contributed by atoms with Gasteiger partial charge < -0.3 is 11.1 Å². The summed E-state index contributed by atoms with van der Waals surface area (Å²) < 4.78 is 0. The Balaban J connectivity index is 0.00000225. The predicted molar refractivity (Wildman–Crippen MR) is 70.1 cm³/mol. The highest BCUT2D eigenvalue weighted by molar-refractivity contribution is 5.95. The first-order valence-corrected chi connectivity index (χ1v) is 5.19. The third kappa shape index (κ3) is 3.51. The third-order valence-corrected chi connectivity index (χ3v) is 2.51. The Morgan fingerprint density at radius 2 is 1.88 bits per heavy atom. The number of halogens is 1. The van der Waals surface area contributed by atoms with Crippen LogP contribution in [0.2, 0.25) is 0 Å². The fourth-order valence-corrected chi connectivity index (χ4v) is 1.41. The highest BCUT2D eigenvalue weighted by atomic mass is 35.5. The Morgan fingerprint density at radius 1 is 1.38 bits per heavy atom. The number of hydrogen-bond donors (Lipinski definition) is 2. The number of amides is 1. The van der Waals surface area contributed by atoms with Gasteiger partial charge in [-0.2, -0.15) is 0 Å². The van der Waals surface area contributed by atoms with Gasteiger partial charge in [-0.3, -0.25) is 4.79 Å². The zero-order valence-electron chi connectivity index (χ0n) is 9.91. The fraction of sp³-hybridized carbons (Fsp3) is 0.417. The van der Waals surface area contributed by atoms with Gasteiger partial charge in [0, 0.05) is 5.69 Å². The van der Waals surface area contributed by atoms with Crippen molar-refractivity contribution in [3.63, 3.8) is 0 Å². The molecule has 0 aliphatic rings. The van der Waals surface area contributed by atoms with Crippen molar-refractivity contribution < 1.29 is 4.79 Å². The van der Waals surface area contributed by atoms with Crippen LogP contribution in [0.5, 0.6) is 0 Å². The van der Waals surface area contributed by atoms with E-state index in [9.17, 15) is 4.79 Å². The van der Waals surface area contributed by atoms with Gasteiger partial charge in [0.25, 0.3) is 0 Å². The van der Waals surface area contributed by atoms with Crippen LogP contribution in [-0.4, -0.2) is 11.9 Å². The molecular formula is C12H19ClN2O. The lowest BCUT2D eigenvalue weighted by atomic mass is 10.1. The Bertz CT molecular complexity index is 346. The summed E-state index contributed by atoms with van der Waals surface area (Å²) in [5.41, 5.74) is 8.66. The summed E-state index contributed by atoms with van der Waals surface area (Å²) >= 11 is 0. The second-order valence-corrected chi connectivity index (χ2v) is 3.77. The zero-order chi connectivity index (χ0) is 11.4. The molecule has 0 spiro atoms. The highest BCUT2D eigenvalue weighted by Gasteiger charge is 2.12. The summed E-state index contributed by atoms with van der Waals surface area (Å²) in [5.74, 6) is -0.116. The minimum absolute atomic E-state index is 0. The molecule has 0 saturated carbocycles. The van der Waals surface area contributed by atoms with Crippen molar-refractivity contribution in [1.82, 2.24) is 0 Å². The Hall–Kier alpha value is -1.06. The van der Waals surface area contributed by atoms with Gasteiger partial charge >= 0.3 is 0 Å². The van der Waals surface area contributed by atoms with Crippen molar-refractivity contribution in [3.8, 4) is 0 Å². The lowest BCUT2D eigenvalue weighted by Gasteiger charge is -2.14. The van der Waals surface area contributed by atoms with Gasteiger partial charge in [0.2, 0.25) is 5.91 Å². The molecule has 0 aliphatic heterocycles. The molecule has 1 rings (SSSR count). The average Bonchev–Trinajstić information content (AvgIpc) is 2.22. The SMILES string of the molecule is CC[C@H](N)C(=O)Nc1c(C)cccc1C.Cl. The molecule has 1 atom stereocenters. The van der Waals surface area contributed by atoms with Crippen LogP contribution in [0.25, 0.3) is 0 Å². The first-order valence-electron chi connectivity index (χ1n) is 5.19. The van der Waals surface area contributed by atoms with Gasteiger partial charge in [-0.1, -0.05) is 25.1 Å². The van der Waals surface area contributed by atoms with E-state index < -0.39 is 6.04 Å². The van der Waals surface area contributed by atoms with E-state index in [0.29, 0.717) is 6.42 Å². The smallest absolute Gasteiger partial charge is 0.241 e. The van der Waals surface area contributed by atoms with Gasteiger partial charge in [0.15, 0.2) is 0 Å². The summed E-state index contributed by atoms with van der Waals surface area (Å²) in [6.45, 7) is 5.84. The maximum absolute atomic E-state index is 11.6. The number of hydrogen-bond acceptors (Lipinski definition) is 2. The second kappa shape index (κ2) is 6.51. The molecule has 1 aromatic carbocycles. The van der Waals surface area contributed by atoms with Crippen LogP contribution in [0, 0.1) is 13.8 Å². The molecule has 0 unspecified atom stereocenters. The first kappa shape index (κ1) is 14.9. The summed E-state index contributed by atoms with van der Waals surface area (Å²) in [4.78, 5) is 11.6. The number of aryl methyl sites for hydroxylation is 2. The maximum atomic E-state index is 11.6. The molecule has 4 heteroatoms. The van der Waals surface area contributed by atoms with Crippen molar-refractivity contribution in [2.45, 2.75) is 33.2 Å². The highest BCUT2D eigenvalue weighted by Crippen LogP contribution is 2.19. The number of carbonyl (C=O) groups is 1. The number of anilines is 1. The predicted octanol–water partition coefficient (Wildman–Crippen LogP) is 2.40. The third-order valence-electron chi connectivity index (χ3n) is 2.51. The van der Waals surface area contributed by atoms with E-state index in [4.69, 9.17) is 5.73 Å². The number of nitrogens with two attached hydrogens (primary N) is 1. The van der Waals surface area contributed by atoms with E-state index in [2.05, 4.69) is 5.32 Å². The number of benzene rings is 1. The van der Waals surface area contributed by atoms with E-state index >= 15 is 0 Å². The van der Waals surface area contributed by atoms with E-state index in [1.807, 2.05) is 39.0 Å². The van der Waals surface area contributed by atoms with Crippen LogP contribution in [0.15, 0.2) is 18.2 Å². The van der Waals surface area contributed by atoms with E-state index in [-0.39, 0.29) is 18.3 Å². The summed E-state index contributed by atoms with van der Waals surface area (Å²) in [6, 6.07) is 5.49. The minimum atomic E-state index is -0.427. The molecule has 0 fully saturated rings. The first-order chi connectivity index (χ1) is 7.06. The Labute approximate surface area is 103 Å². The Kier molecular flexibility index (Phi) is 6.08. The maximum Gasteiger partial charge on any atom is 0.241 e. The van der Waals surface area contributed by atoms with E-state index in [0.717, 1.165) is 16.8 Å². The van der Waals surface area contributed by atoms with Crippen molar-refractivity contribution >= 4 is 24.0 Å². The van der Waals surface area contributed by atoms with Gasteiger partial charge in [-0.05, 0) is 31.4 Å². The molecule has 0 bridgehead atoms. The molecular weight excluding hydrogens is 224 g/mol. The summed E-state index contributed by atoms with van der Waals surface area (Å²) in [7, 11) is 0. The number of nitrogens with one attached hydrogen (secondary N) is 1. The van der Waals surface area contributed by atoms with Crippen molar-refractivity contribution in [1.29, 1.82) is 0 Å². The van der Waals surface area contributed by atoms with Gasteiger partial charge in [-0.15, -0.1) is 12.4 Å². The van der Waals surface area contributed by atoms with E-state index in [1.54, 1.807) is 0 Å². The summed E-state index contributed by atoms with van der Waals surface area (Å²) in [6.07, 6.45) is 0.650. The number of carbonyl (C=O) groups excluding carboxylic acids is 1. The van der Waals surface area contributed by atoms with Gasteiger partial charge in [0.05, 0.1) is 6.04 Å². The lowest BCUT2D eigenvalue weighted by Crippen LogP contribution is -2.35. The van der Waals surface area contributed by atoms with Crippen LogP contribution in [0.4, 0.5) is 5.69 Å². The van der Waals surface area contributed by atoms with Crippen molar-refractivity contribution in [2.75, 3.05) is 5.32 Å². The van der Waals surface area contributed by atoms with Crippen molar-refractivity contribution in [2.24, 2.45) is 5.73 Å². The second-order valence-electron chi connectivity index (χ2n) is 3.77. The van der Waals surface area contributed by atoms with E-state index in [1.165, 1.54) is 0 Å². The molecule has 0 saturated heterocycles. The molecule has 0 heterocycles. The molecule has 0 radical (unpaired) electrons. The summed E-state index contributed by atoms with van der Waals surface area (Å²) in [5, 5.41) is 2.87. The number of rotatable bonds is 3. The topological polar surface area (TPSA) is 55.1 Å². The monoisotopic (exact) mass is 242 g/mol. The molecule has 16 heavy (non-hydrogen) atoms. The van der Waals surface area contributed by atoms with Gasteiger partial charge in [0.1, 0.15) is 0 Å². The van der Waals surface area contributed by atoms with Gasteiger partial charge in [-0.25, -0.2) is 0 Å². The quantitative estimate of drug-likeness (QED) is 0.855. The molecule has 3 N–H and O–H groups in total. The Morgan fingerprint density at radius 3 is 2.31 bits per heavy atom. The average molecular weight is 243 g/mol. The van der Waals surface area contributed by atoms with Crippen LogP contribution in [0.1, 0.15) is 24.5 Å². The van der Waals surface area contributed by atoms with Crippen LogP contribution < -0.4 is 11.1 Å². The van der Waals surface area contributed by atoms with Crippen LogP contribution >= 0.6 is 12.4 Å². The van der Waals surface area contributed by atoms with Crippen LogP contribution in [0.3, 0.4) is 0 Å². The zero-order valence-corrected chi connectivity index (χ0v) is 10.7. The molecule has 1 amide bonds. The molecule has 3 nitrogen and oxygen atoms in total. The normalized spacial score (nSPS) is 11.5. The lowest BCUT2D eigenvalue weighted by molar-refractivity contribution is -0.117. The van der Waals surface area contributed by atoms with Crippen LogP contribution in [-0.2, 0) is 4.79 Å². The van der Waals surface area contributed by atoms with Crippen molar-refractivity contribution in [3.05, 3.63) is 29.3 Å². The standard InChI is InChI=1S/C12H18N2O.ClH/c1-4-10(13)12(15)14-11-8(2)6-5-7-9(11)3;/h5-7,10H,4,13H2,1-3H3,(H,14,15);1H/t10-;/m0./s1. The minimum Gasteiger partial charge on any atom is -0.324 e. The molecule has 1 aromatic rings. The fourth-order valence-electron chi connectivity index (χ4n) is 1.41. The number of para-hydroxylation sites is 1. The largest absolute Gasteiger partial charge is 0.324 e. The molecule has 0 aromatic heterocycles.